The van der Waals surface area contributed by atoms with E-state index < -0.39 is 0 Å². The van der Waals surface area contributed by atoms with Gasteiger partial charge >= 0.3 is 0 Å². The maximum Gasteiger partial charge on any atom is 0.189 e. The van der Waals surface area contributed by atoms with Crippen molar-refractivity contribution in [2.24, 2.45) is 0 Å². The second-order valence-corrected chi connectivity index (χ2v) is 5.27. The van der Waals surface area contributed by atoms with Crippen LogP contribution in [0.3, 0.4) is 0 Å². The Morgan fingerprint density at radius 1 is 1.28 bits per heavy atom. The average Bonchev–Trinajstić information content (AvgIpc) is 2.88. The Morgan fingerprint density at radius 3 is 2.67 bits per heavy atom. The molecule has 18 heavy (non-hydrogen) atoms. The Labute approximate surface area is 111 Å². The van der Waals surface area contributed by atoms with Crippen LogP contribution in [-0.4, -0.2) is 48.3 Å². The first-order valence-corrected chi connectivity index (χ1v) is 7.44. The summed E-state index contributed by atoms with van der Waals surface area (Å²) < 4.78 is 11.4. The molecule has 0 atom stereocenters. The topological polar surface area (TPSA) is 47.5 Å². The standard InChI is InChI=1S/C12H17N3O2S/c1-18-11-13-5-2-10(14-11)15-6-3-12(4-7-15)16-8-9-17-12/h2,5H,3-4,6-9H2,1H3. The molecule has 0 saturated carbocycles. The fourth-order valence-electron chi connectivity index (χ4n) is 2.47. The molecule has 1 aromatic rings. The van der Waals surface area contributed by atoms with E-state index in [1.54, 1.807) is 11.8 Å². The third-order valence-corrected chi connectivity index (χ3v) is 4.03. The van der Waals surface area contributed by atoms with Crippen molar-refractivity contribution in [1.82, 2.24) is 9.97 Å². The molecule has 1 aromatic heterocycles. The van der Waals surface area contributed by atoms with Gasteiger partial charge in [-0.15, -0.1) is 0 Å². The number of rotatable bonds is 2. The Hall–Kier alpha value is -0.850. The van der Waals surface area contributed by atoms with Crippen LogP contribution in [0, 0.1) is 0 Å². The highest BCUT2D eigenvalue weighted by molar-refractivity contribution is 7.98. The van der Waals surface area contributed by atoms with Crippen LogP contribution in [-0.2, 0) is 9.47 Å². The first kappa shape index (κ1) is 12.2. The SMILES string of the molecule is CSc1nccc(N2CCC3(CC2)OCCO3)n1. The highest BCUT2D eigenvalue weighted by Gasteiger charge is 2.39. The second-order valence-electron chi connectivity index (χ2n) is 4.50. The van der Waals surface area contributed by atoms with Crippen molar-refractivity contribution in [3.05, 3.63) is 12.3 Å². The second kappa shape index (κ2) is 5.03. The molecular formula is C12H17N3O2S. The highest BCUT2D eigenvalue weighted by atomic mass is 32.2. The lowest BCUT2D eigenvalue weighted by atomic mass is 10.0. The van der Waals surface area contributed by atoms with E-state index in [1.807, 2.05) is 18.5 Å². The summed E-state index contributed by atoms with van der Waals surface area (Å²) in [5.74, 6) is 0.688. The fraction of sp³-hybridized carbons (Fsp3) is 0.667. The zero-order chi connectivity index (χ0) is 12.4. The number of nitrogens with zero attached hydrogens (tertiary/aromatic N) is 3. The molecule has 3 heterocycles. The van der Waals surface area contributed by atoms with Crippen LogP contribution < -0.4 is 4.90 Å². The quantitative estimate of drug-likeness (QED) is 0.598. The minimum Gasteiger partial charge on any atom is -0.356 e. The lowest BCUT2D eigenvalue weighted by molar-refractivity contribution is -0.169. The fourth-order valence-corrected chi connectivity index (χ4v) is 2.82. The minimum absolute atomic E-state index is 0.314. The van der Waals surface area contributed by atoms with E-state index in [0.29, 0.717) is 0 Å². The van der Waals surface area contributed by atoms with Gasteiger partial charge in [0.05, 0.1) is 13.2 Å². The van der Waals surface area contributed by atoms with Gasteiger partial charge in [0.2, 0.25) is 0 Å². The molecule has 0 aliphatic carbocycles. The number of hydrogen-bond donors (Lipinski definition) is 0. The molecule has 0 N–H and O–H groups in total. The van der Waals surface area contributed by atoms with Crippen LogP contribution in [0.2, 0.25) is 0 Å². The Morgan fingerprint density at radius 2 is 2.00 bits per heavy atom. The van der Waals surface area contributed by atoms with E-state index in [2.05, 4.69) is 14.9 Å². The molecule has 6 heteroatoms. The van der Waals surface area contributed by atoms with Crippen molar-refractivity contribution in [3.63, 3.8) is 0 Å². The summed E-state index contributed by atoms with van der Waals surface area (Å²) in [6.07, 6.45) is 5.63. The van der Waals surface area contributed by atoms with Crippen molar-refractivity contribution in [2.45, 2.75) is 23.8 Å². The molecule has 0 bridgehead atoms. The molecule has 2 fully saturated rings. The lowest BCUT2D eigenvalue weighted by Gasteiger charge is -2.38. The molecule has 0 unspecified atom stereocenters. The van der Waals surface area contributed by atoms with E-state index in [-0.39, 0.29) is 5.79 Å². The Balaban J connectivity index is 1.68. The number of anilines is 1. The first-order valence-electron chi connectivity index (χ1n) is 6.21. The van der Waals surface area contributed by atoms with Crippen molar-refractivity contribution in [2.75, 3.05) is 37.5 Å². The normalized spacial score (nSPS) is 22.6. The number of ether oxygens (including phenoxy) is 2. The molecule has 0 radical (unpaired) electrons. The summed E-state index contributed by atoms with van der Waals surface area (Å²) in [4.78, 5) is 11.0. The molecule has 3 rings (SSSR count). The lowest BCUT2D eigenvalue weighted by Crippen LogP contribution is -2.45. The Bertz CT molecular complexity index is 414. The summed E-state index contributed by atoms with van der Waals surface area (Å²) in [7, 11) is 0. The molecule has 2 aliphatic heterocycles. The summed E-state index contributed by atoms with van der Waals surface area (Å²) >= 11 is 1.57. The van der Waals surface area contributed by atoms with E-state index in [4.69, 9.17) is 9.47 Å². The molecule has 2 saturated heterocycles. The summed E-state index contributed by atoms with van der Waals surface area (Å²) in [5.41, 5.74) is 0. The monoisotopic (exact) mass is 267 g/mol. The van der Waals surface area contributed by atoms with E-state index in [0.717, 1.165) is 50.1 Å². The van der Waals surface area contributed by atoms with Crippen molar-refractivity contribution >= 4 is 17.6 Å². The number of piperidine rings is 1. The van der Waals surface area contributed by atoms with Gasteiger partial charge in [-0.3, -0.25) is 0 Å². The average molecular weight is 267 g/mol. The van der Waals surface area contributed by atoms with Gasteiger partial charge in [-0.2, -0.15) is 0 Å². The van der Waals surface area contributed by atoms with Crippen LogP contribution in [0.1, 0.15) is 12.8 Å². The van der Waals surface area contributed by atoms with Crippen LogP contribution in [0.4, 0.5) is 5.82 Å². The number of thioether (sulfide) groups is 1. The first-order chi connectivity index (χ1) is 8.81. The maximum atomic E-state index is 5.72. The number of aromatic nitrogens is 2. The van der Waals surface area contributed by atoms with Gasteiger partial charge in [0.15, 0.2) is 10.9 Å². The summed E-state index contributed by atoms with van der Waals surface area (Å²) in [6.45, 7) is 3.30. The van der Waals surface area contributed by atoms with Gasteiger partial charge in [0, 0.05) is 32.1 Å². The summed E-state index contributed by atoms with van der Waals surface area (Å²) in [6, 6.07) is 1.97. The van der Waals surface area contributed by atoms with Crippen LogP contribution >= 0.6 is 11.8 Å². The third kappa shape index (κ3) is 2.32. The van der Waals surface area contributed by atoms with Crippen LogP contribution in [0.5, 0.6) is 0 Å². The third-order valence-electron chi connectivity index (χ3n) is 3.46. The van der Waals surface area contributed by atoms with Crippen LogP contribution in [0.15, 0.2) is 17.4 Å². The van der Waals surface area contributed by atoms with Crippen molar-refractivity contribution in [1.29, 1.82) is 0 Å². The zero-order valence-corrected chi connectivity index (χ0v) is 11.3. The predicted molar refractivity (Wildman–Crippen MR) is 69.9 cm³/mol. The summed E-state index contributed by atoms with van der Waals surface area (Å²) in [5, 5.41) is 0.821. The predicted octanol–water partition coefficient (Wildman–Crippen LogP) is 1.54. The minimum atomic E-state index is -0.314. The molecule has 98 valence electrons. The van der Waals surface area contributed by atoms with Crippen LogP contribution in [0.25, 0.3) is 0 Å². The van der Waals surface area contributed by atoms with Gasteiger partial charge in [0.25, 0.3) is 0 Å². The zero-order valence-electron chi connectivity index (χ0n) is 10.5. The molecule has 2 aliphatic rings. The van der Waals surface area contributed by atoms with Gasteiger partial charge in [-0.25, -0.2) is 9.97 Å². The highest BCUT2D eigenvalue weighted by Crippen LogP contribution is 2.32. The molecule has 0 amide bonds. The van der Waals surface area contributed by atoms with Crippen molar-refractivity contribution < 1.29 is 9.47 Å². The molecular weight excluding hydrogens is 250 g/mol. The largest absolute Gasteiger partial charge is 0.356 e. The molecule has 5 nitrogen and oxygen atoms in total. The van der Waals surface area contributed by atoms with E-state index >= 15 is 0 Å². The Kier molecular flexibility index (Phi) is 3.41. The van der Waals surface area contributed by atoms with Gasteiger partial charge < -0.3 is 14.4 Å². The van der Waals surface area contributed by atoms with Gasteiger partial charge in [-0.05, 0) is 12.3 Å². The van der Waals surface area contributed by atoms with E-state index in [9.17, 15) is 0 Å². The molecule has 1 spiro atoms. The number of hydrogen-bond acceptors (Lipinski definition) is 6. The van der Waals surface area contributed by atoms with E-state index in [1.165, 1.54) is 0 Å². The smallest absolute Gasteiger partial charge is 0.189 e. The van der Waals surface area contributed by atoms with Crippen molar-refractivity contribution in [3.8, 4) is 0 Å². The van der Waals surface area contributed by atoms with Gasteiger partial charge in [0.1, 0.15) is 5.82 Å². The molecule has 0 aromatic carbocycles. The maximum absolute atomic E-state index is 5.72. The van der Waals surface area contributed by atoms with Gasteiger partial charge in [-0.1, -0.05) is 11.8 Å².